The van der Waals surface area contributed by atoms with Crippen molar-refractivity contribution in [3.8, 4) is 0 Å². The van der Waals surface area contributed by atoms with Crippen molar-refractivity contribution in [3.63, 3.8) is 0 Å². The zero-order valence-corrected chi connectivity index (χ0v) is 17.8. The Hall–Kier alpha value is -0.870. The van der Waals surface area contributed by atoms with E-state index in [1.807, 2.05) is 0 Å². The maximum Gasteiger partial charge on any atom is 0.281 e. The van der Waals surface area contributed by atoms with Crippen LogP contribution in [-0.2, 0) is 20.8 Å². The molecule has 0 unspecified atom stereocenters. The van der Waals surface area contributed by atoms with Crippen LogP contribution < -0.4 is 5.32 Å². The highest BCUT2D eigenvalue weighted by molar-refractivity contribution is 7.98. The molecule has 1 aromatic rings. The molecule has 0 radical (unpaired) electrons. The molecule has 152 valence electrons. The van der Waals surface area contributed by atoms with E-state index in [1.165, 1.54) is 40.5 Å². The van der Waals surface area contributed by atoms with E-state index in [0.29, 0.717) is 54.6 Å². The molecule has 0 aliphatic carbocycles. The molecule has 0 spiro atoms. The fraction of sp³-hybridized carbons (Fsp3) is 0.588. The van der Waals surface area contributed by atoms with E-state index < -0.39 is 10.2 Å². The molecule has 0 bridgehead atoms. The highest BCUT2D eigenvalue weighted by atomic mass is 35.5. The molecule has 10 heteroatoms. The predicted octanol–water partition coefficient (Wildman–Crippen LogP) is 2.35. The molecule has 1 N–H and O–H groups in total. The quantitative estimate of drug-likeness (QED) is 0.634. The maximum atomic E-state index is 13.7. The number of rotatable bonds is 8. The number of carbonyl (C=O) groups excluding carboxylic acids is 1. The lowest BCUT2D eigenvalue weighted by molar-refractivity contribution is -0.125. The molecule has 1 aliphatic heterocycles. The van der Waals surface area contributed by atoms with Crippen LogP contribution in [0.25, 0.3) is 0 Å². The molecule has 1 saturated heterocycles. The number of thioether (sulfide) groups is 1. The lowest BCUT2D eigenvalue weighted by Gasteiger charge is -2.32. The Kier molecular flexibility index (Phi) is 8.36. The first-order valence-corrected chi connectivity index (χ1v) is 11.6. The lowest BCUT2D eigenvalue weighted by Crippen LogP contribution is -2.47. The van der Waals surface area contributed by atoms with Crippen LogP contribution in [0.1, 0.15) is 18.4 Å². The van der Waals surface area contributed by atoms with Crippen molar-refractivity contribution < 1.29 is 17.6 Å². The van der Waals surface area contributed by atoms with Crippen LogP contribution in [-0.4, -0.2) is 62.4 Å². The van der Waals surface area contributed by atoms with E-state index in [9.17, 15) is 17.6 Å². The average molecular weight is 438 g/mol. The SMILES string of the molecule is CN(C)S(=O)(=O)N1CCC(C(=O)NCCSCc2c(F)cccc2Cl)CC1. The number of benzene rings is 1. The predicted molar refractivity (Wildman–Crippen MR) is 107 cm³/mol. The summed E-state index contributed by atoms with van der Waals surface area (Å²) in [6.07, 6.45) is 1.02. The number of carbonyl (C=O) groups is 1. The van der Waals surface area contributed by atoms with Gasteiger partial charge in [-0.05, 0) is 25.0 Å². The molecular weight excluding hydrogens is 413 g/mol. The summed E-state index contributed by atoms with van der Waals surface area (Å²) in [5.74, 6) is 0.538. The van der Waals surface area contributed by atoms with Gasteiger partial charge in [-0.2, -0.15) is 28.8 Å². The first-order valence-electron chi connectivity index (χ1n) is 8.69. The monoisotopic (exact) mass is 437 g/mol. The van der Waals surface area contributed by atoms with Gasteiger partial charge >= 0.3 is 0 Å². The van der Waals surface area contributed by atoms with Crippen molar-refractivity contribution in [1.82, 2.24) is 13.9 Å². The Morgan fingerprint density at radius 3 is 2.63 bits per heavy atom. The van der Waals surface area contributed by atoms with Crippen molar-refractivity contribution in [2.24, 2.45) is 5.92 Å². The van der Waals surface area contributed by atoms with Gasteiger partial charge in [-0.3, -0.25) is 4.79 Å². The number of halogens is 2. The highest BCUT2D eigenvalue weighted by Gasteiger charge is 2.31. The van der Waals surface area contributed by atoms with Crippen LogP contribution in [0, 0.1) is 11.7 Å². The molecule has 1 aliphatic rings. The van der Waals surface area contributed by atoms with E-state index in [0.717, 1.165) is 0 Å². The van der Waals surface area contributed by atoms with Crippen LogP contribution >= 0.6 is 23.4 Å². The van der Waals surface area contributed by atoms with Gasteiger partial charge in [-0.25, -0.2) is 4.39 Å². The smallest absolute Gasteiger partial charge is 0.281 e. The van der Waals surface area contributed by atoms with Gasteiger partial charge in [0.25, 0.3) is 10.2 Å². The van der Waals surface area contributed by atoms with Crippen molar-refractivity contribution in [2.75, 3.05) is 39.5 Å². The molecular formula is C17H25ClFN3O3S2. The Morgan fingerprint density at radius 2 is 2.04 bits per heavy atom. The standard InChI is InChI=1S/C17H25ClFN3O3S2/c1-21(2)27(24,25)22-9-6-13(7-10-22)17(23)20-8-11-26-12-14-15(18)4-3-5-16(14)19/h3-5,13H,6-12H2,1-2H3,(H,20,23). The maximum absolute atomic E-state index is 13.7. The summed E-state index contributed by atoms with van der Waals surface area (Å²) in [5, 5.41) is 3.29. The van der Waals surface area contributed by atoms with Crippen LogP contribution in [0.5, 0.6) is 0 Å². The minimum Gasteiger partial charge on any atom is -0.355 e. The van der Waals surface area contributed by atoms with E-state index in [1.54, 1.807) is 12.1 Å². The first-order chi connectivity index (χ1) is 12.7. The normalized spacial score (nSPS) is 16.6. The largest absolute Gasteiger partial charge is 0.355 e. The topological polar surface area (TPSA) is 69.7 Å². The van der Waals surface area contributed by atoms with E-state index in [4.69, 9.17) is 11.6 Å². The van der Waals surface area contributed by atoms with Gasteiger partial charge in [-0.1, -0.05) is 17.7 Å². The molecule has 6 nitrogen and oxygen atoms in total. The third-order valence-electron chi connectivity index (χ3n) is 4.47. The summed E-state index contributed by atoms with van der Waals surface area (Å²) in [6, 6.07) is 4.61. The molecule has 27 heavy (non-hydrogen) atoms. The molecule has 0 aromatic heterocycles. The van der Waals surface area contributed by atoms with Gasteiger partial charge in [0.2, 0.25) is 5.91 Å². The number of amides is 1. The summed E-state index contributed by atoms with van der Waals surface area (Å²) in [4.78, 5) is 12.2. The molecule has 1 heterocycles. The third-order valence-corrected chi connectivity index (χ3v) is 7.75. The molecule has 1 aromatic carbocycles. The van der Waals surface area contributed by atoms with Crippen molar-refractivity contribution >= 4 is 39.5 Å². The van der Waals surface area contributed by atoms with Gasteiger partial charge in [0.15, 0.2) is 0 Å². The van der Waals surface area contributed by atoms with Crippen LogP contribution in [0.3, 0.4) is 0 Å². The zero-order valence-electron chi connectivity index (χ0n) is 15.5. The molecule has 0 saturated carbocycles. The van der Waals surface area contributed by atoms with Gasteiger partial charge in [0.1, 0.15) is 5.82 Å². The second kappa shape index (κ2) is 10.1. The van der Waals surface area contributed by atoms with Gasteiger partial charge in [0.05, 0.1) is 0 Å². The van der Waals surface area contributed by atoms with Crippen molar-refractivity contribution in [3.05, 3.63) is 34.6 Å². The number of piperidine rings is 1. The van der Waals surface area contributed by atoms with E-state index in [-0.39, 0.29) is 17.6 Å². The van der Waals surface area contributed by atoms with Gasteiger partial charge in [0, 0.05) is 61.7 Å². The Bertz CT molecular complexity index is 734. The highest BCUT2D eigenvalue weighted by Crippen LogP contribution is 2.24. The summed E-state index contributed by atoms with van der Waals surface area (Å²) in [7, 11) is -0.416. The molecule has 1 fully saturated rings. The Balaban J connectivity index is 1.68. The minimum atomic E-state index is -3.42. The zero-order chi connectivity index (χ0) is 20.0. The minimum absolute atomic E-state index is 0.0542. The fourth-order valence-electron chi connectivity index (χ4n) is 2.81. The van der Waals surface area contributed by atoms with Crippen LogP contribution in [0.15, 0.2) is 18.2 Å². The molecule has 1 amide bonds. The number of hydrogen-bond donors (Lipinski definition) is 1. The number of nitrogens with one attached hydrogen (secondary N) is 1. The lowest BCUT2D eigenvalue weighted by atomic mass is 9.97. The third kappa shape index (κ3) is 6.05. The molecule has 0 atom stereocenters. The summed E-state index contributed by atoms with van der Waals surface area (Å²) >= 11 is 7.48. The van der Waals surface area contributed by atoms with Gasteiger partial charge in [-0.15, -0.1) is 0 Å². The Morgan fingerprint density at radius 1 is 1.37 bits per heavy atom. The average Bonchev–Trinajstić information content (AvgIpc) is 2.63. The van der Waals surface area contributed by atoms with Crippen LogP contribution in [0.4, 0.5) is 4.39 Å². The van der Waals surface area contributed by atoms with Crippen LogP contribution in [0.2, 0.25) is 5.02 Å². The summed E-state index contributed by atoms with van der Waals surface area (Å²) in [5.41, 5.74) is 0.477. The second-order valence-electron chi connectivity index (χ2n) is 6.51. The Labute approximate surface area is 169 Å². The number of hydrogen-bond acceptors (Lipinski definition) is 4. The van der Waals surface area contributed by atoms with Gasteiger partial charge < -0.3 is 5.32 Å². The molecule has 2 rings (SSSR count). The fourth-order valence-corrected chi connectivity index (χ4v) is 5.15. The van der Waals surface area contributed by atoms with E-state index in [2.05, 4.69) is 5.32 Å². The number of nitrogens with zero attached hydrogens (tertiary/aromatic N) is 2. The summed E-state index contributed by atoms with van der Waals surface area (Å²) in [6.45, 7) is 1.17. The second-order valence-corrected chi connectivity index (χ2v) is 10.2. The van der Waals surface area contributed by atoms with Crippen molar-refractivity contribution in [1.29, 1.82) is 0 Å². The van der Waals surface area contributed by atoms with E-state index >= 15 is 0 Å². The van der Waals surface area contributed by atoms with Crippen molar-refractivity contribution in [2.45, 2.75) is 18.6 Å². The first kappa shape index (κ1) is 22.4. The summed E-state index contributed by atoms with van der Waals surface area (Å²) < 4.78 is 40.4.